The molecule has 1 aromatic carbocycles. The van der Waals surface area contributed by atoms with Gasteiger partial charge < -0.3 is 15.2 Å². The van der Waals surface area contributed by atoms with Gasteiger partial charge in [-0.3, -0.25) is 0 Å². The molecule has 0 radical (unpaired) electrons. The molecule has 0 saturated carbocycles. The highest BCUT2D eigenvalue weighted by atomic mass is 79.9. The Morgan fingerprint density at radius 1 is 1.35 bits per heavy atom. The molecule has 4 heteroatoms. The fourth-order valence-corrected chi connectivity index (χ4v) is 2.05. The number of aliphatic hydroxyl groups is 1. The van der Waals surface area contributed by atoms with Crippen LogP contribution in [0.4, 0.5) is 0 Å². The number of ether oxygens (including phenoxy) is 1. The van der Waals surface area contributed by atoms with Crippen molar-refractivity contribution in [1.82, 2.24) is 5.32 Å². The SMILES string of the molecule is CCC(NC(CO)COC)c1ccc(Br)cc1. The summed E-state index contributed by atoms with van der Waals surface area (Å²) in [5, 5.41) is 12.6. The first-order valence-electron chi connectivity index (χ1n) is 5.82. The zero-order valence-electron chi connectivity index (χ0n) is 10.3. The maximum Gasteiger partial charge on any atom is 0.0638 e. The average Bonchev–Trinajstić information content (AvgIpc) is 2.36. The number of hydrogen-bond acceptors (Lipinski definition) is 3. The number of hydrogen-bond donors (Lipinski definition) is 2. The first-order valence-corrected chi connectivity index (χ1v) is 6.61. The van der Waals surface area contributed by atoms with Gasteiger partial charge in [0.15, 0.2) is 0 Å². The van der Waals surface area contributed by atoms with Gasteiger partial charge in [0, 0.05) is 17.6 Å². The smallest absolute Gasteiger partial charge is 0.0638 e. The van der Waals surface area contributed by atoms with Crippen LogP contribution in [-0.4, -0.2) is 31.5 Å². The third-order valence-corrected chi connectivity index (χ3v) is 3.23. The highest BCUT2D eigenvalue weighted by molar-refractivity contribution is 9.10. The van der Waals surface area contributed by atoms with Crippen molar-refractivity contribution in [3.05, 3.63) is 34.3 Å². The molecule has 0 amide bonds. The molecule has 1 aromatic rings. The van der Waals surface area contributed by atoms with E-state index in [1.165, 1.54) is 5.56 Å². The zero-order valence-corrected chi connectivity index (χ0v) is 11.9. The van der Waals surface area contributed by atoms with Crippen molar-refractivity contribution < 1.29 is 9.84 Å². The van der Waals surface area contributed by atoms with E-state index in [1.54, 1.807) is 7.11 Å². The van der Waals surface area contributed by atoms with E-state index in [-0.39, 0.29) is 18.7 Å². The van der Waals surface area contributed by atoms with Gasteiger partial charge in [-0.1, -0.05) is 35.0 Å². The number of rotatable bonds is 7. The van der Waals surface area contributed by atoms with Crippen molar-refractivity contribution in [2.45, 2.75) is 25.4 Å². The Morgan fingerprint density at radius 2 is 2.00 bits per heavy atom. The fraction of sp³-hybridized carbons (Fsp3) is 0.538. The minimum atomic E-state index is -0.0198. The number of halogens is 1. The van der Waals surface area contributed by atoms with E-state index in [0.717, 1.165) is 10.9 Å². The first-order chi connectivity index (χ1) is 8.21. The van der Waals surface area contributed by atoms with Gasteiger partial charge in [0.1, 0.15) is 0 Å². The summed E-state index contributed by atoms with van der Waals surface area (Å²) in [5.41, 5.74) is 1.23. The Kier molecular flexibility index (Phi) is 6.73. The van der Waals surface area contributed by atoms with Crippen LogP contribution in [0.15, 0.2) is 28.7 Å². The number of nitrogens with one attached hydrogen (secondary N) is 1. The van der Waals surface area contributed by atoms with Gasteiger partial charge in [0.05, 0.1) is 19.3 Å². The minimum Gasteiger partial charge on any atom is -0.395 e. The van der Waals surface area contributed by atoms with Crippen LogP contribution in [0.2, 0.25) is 0 Å². The molecule has 0 aliphatic carbocycles. The minimum absolute atomic E-state index is 0.0198. The molecule has 0 heterocycles. The first kappa shape index (κ1) is 14.6. The van der Waals surface area contributed by atoms with Crippen molar-refractivity contribution >= 4 is 15.9 Å². The van der Waals surface area contributed by atoms with Gasteiger partial charge in [0.2, 0.25) is 0 Å². The molecule has 1 rings (SSSR count). The molecular formula is C13H20BrNO2. The van der Waals surface area contributed by atoms with Crippen molar-refractivity contribution in [3.8, 4) is 0 Å². The van der Waals surface area contributed by atoms with Crippen LogP contribution in [0.1, 0.15) is 24.9 Å². The Bertz CT molecular complexity index is 316. The molecule has 0 fully saturated rings. The summed E-state index contributed by atoms with van der Waals surface area (Å²) < 4.78 is 6.14. The lowest BCUT2D eigenvalue weighted by Gasteiger charge is -2.23. The van der Waals surface area contributed by atoms with Gasteiger partial charge in [-0.05, 0) is 24.1 Å². The van der Waals surface area contributed by atoms with Gasteiger partial charge in [0.25, 0.3) is 0 Å². The van der Waals surface area contributed by atoms with Crippen molar-refractivity contribution in [1.29, 1.82) is 0 Å². The third kappa shape index (κ3) is 4.76. The lowest BCUT2D eigenvalue weighted by molar-refractivity contribution is 0.121. The summed E-state index contributed by atoms with van der Waals surface area (Å²) in [6.07, 6.45) is 0.974. The second-order valence-corrected chi connectivity index (χ2v) is 4.93. The van der Waals surface area contributed by atoms with Crippen molar-refractivity contribution in [2.75, 3.05) is 20.3 Å². The second-order valence-electron chi connectivity index (χ2n) is 4.01. The largest absolute Gasteiger partial charge is 0.395 e. The summed E-state index contributed by atoms with van der Waals surface area (Å²) in [5.74, 6) is 0. The van der Waals surface area contributed by atoms with Crippen LogP contribution in [0.25, 0.3) is 0 Å². The molecule has 0 bridgehead atoms. The monoisotopic (exact) mass is 301 g/mol. The van der Waals surface area contributed by atoms with Crippen LogP contribution in [0, 0.1) is 0 Å². The quantitative estimate of drug-likeness (QED) is 0.813. The number of aliphatic hydroxyl groups excluding tert-OH is 1. The average molecular weight is 302 g/mol. The van der Waals surface area contributed by atoms with E-state index < -0.39 is 0 Å². The van der Waals surface area contributed by atoms with E-state index in [4.69, 9.17) is 4.74 Å². The van der Waals surface area contributed by atoms with E-state index in [1.807, 2.05) is 12.1 Å². The van der Waals surface area contributed by atoms with E-state index in [2.05, 4.69) is 40.3 Å². The van der Waals surface area contributed by atoms with Crippen LogP contribution < -0.4 is 5.32 Å². The fourth-order valence-electron chi connectivity index (χ4n) is 1.78. The normalized spacial score (nSPS) is 14.6. The van der Waals surface area contributed by atoms with E-state index >= 15 is 0 Å². The van der Waals surface area contributed by atoms with Gasteiger partial charge in [-0.15, -0.1) is 0 Å². The Labute approximate surface area is 111 Å². The molecule has 17 heavy (non-hydrogen) atoms. The lowest BCUT2D eigenvalue weighted by Crippen LogP contribution is -2.38. The Hall–Kier alpha value is -0.420. The van der Waals surface area contributed by atoms with Crippen LogP contribution in [-0.2, 0) is 4.74 Å². The van der Waals surface area contributed by atoms with Crippen molar-refractivity contribution in [3.63, 3.8) is 0 Å². The third-order valence-electron chi connectivity index (χ3n) is 2.71. The molecule has 0 aliphatic rings. The Balaban J connectivity index is 2.67. The highest BCUT2D eigenvalue weighted by Crippen LogP contribution is 2.19. The molecule has 96 valence electrons. The molecule has 2 N–H and O–H groups in total. The van der Waals surface area contributed by atoms with Crippen LogP contribution in [0.5, 0.6) is 0 Å². The topological polar surface area (TPSA) is 41.5 Å². The van der Waals surface area contributed by atoms with Crippen LogP contribution in [0.3, 0.4) is 0 Å². The van der Waals surface area contributed by atoms with Gasteiger partial charge >= 0.3 is 0 Å². The van der Waals surface area contributed by atoms with E-state index in [0.29, 0.717) is 6.61 Å². The predicted octanol–water partition coefficient (Wildman–Crippen LogP) is 2.50. The summed E-state index contributed by atoms with van der Waals surface area (Å²) in [4.78, 5) is 0. The molecular weight excluding hydrogens is 282 g/mol. The highest BCUT2D eigenvalue weighted by Gasteiger charge is 2.14. The zero-order chi connectivity index (χ0) is 12.7. The van der Waals surface area contributed by atoms with Gasteiger partial charge in [-0.2, -0.15) is 0 Å². The van der Waals surface area contributed by atoms with Gasteiger partial charge in [-0.25, -0.2) is 0 Å². The molecule has 0 spiro atoms. The molecule has 3 nitrogen and oxygen atoms in total. The molecule has 0 saturated heterocycles. The van der Waals surface area contributed by atoms with Crippen molar-refractivity contribution in [2.24, 2.45) is 0 Å². The molecule has 0 aromatic heterocycles. The summed E-state index contributed by atoms with van der Waals surface area (Å²) >= 11 is 3.43. The number of methoxy groups -OCH3 is 1. The Morgan fingerprint density at radius 3 is 2.47 bits per heavy atom. The number of benzene rings is 1. The molecule has 0 aliphatic heterocycles. The molecule has 2 unspecified atom stereocenters. The predicted molar refractivity (Wildman–Crippen MR) is 73.1 cm³/mol. The summed E-state index contributed by atoms with van der Waals surface area (Å²) in [6.45, 7) is 2.73. The molecule has 2 atom stereocenters. The summed E-state index contributed by atoms with van der Waals surface area (Å²) in [6, 6.07) is 8.47. The maximum absolute atomic E-state index is 9.24. The lowest BCUT2D eigenvalue weighted by atomic mass is 10.0. The van der Waals surface area contributed by atoms with Crippen LogP contribution >= 0.6 is 15.9 Å². The standard InChI is InChI=1S/C13H20BrNO2/c1-3-13(15-12(8-16)9-17-2)10-4-6-11(14)7-5-10/h4-7,12-13,15-16H,3,8-9H2,1-2H3. The maximum atomic E-state index is 9.24. The second kappa shape index (κ2) is 7.82. The summed E-state index contributed by atoms with van der Waals surface area (Å²) in [7, 11) is 1.64. The van der Waals surface area contributed by atoms with E-state index in [9.17, 15) is 5.11 Å².